The van der Waals surface area contributed by atoms with Gasteiger partial charge in [-0.05, 0) is 44.7 Å². The fourth-order valence-corrected chi connectivity index (χ4v) is 4.85. The van der Waals surface area contributed by atoms with E-state index in [1.165, 1.54) is 0 Å². The molecule has 3 aromatic heterocycles. The highest BCUT2D eigenvalue weighted by Crippen LogP contribution is 2.33. The van der Waals surface area contributed by atoms with Crippen LogP contribution < -0.4 is 10.6 Å². The molecule has 0 bridgehead atoms. The van der Waals surface area contributed by atoms with Gasteiger partial charge >= 0.3 is 0 Å². The van der Waals surface area contributed by atoms with E-state index in [1.807, 2.05) is 28.6 Å². The molecule has 2 N–H and O–H groups in total. The van der Waals surface area contributed by atoms with Crippen molar-refractivity contribution in [2.75, 3.05) is 24.5 Å². The molecule has 2 unspecified atom stereocenters. The van der Waals surface area contributed by atoms with Crippen molar-refractivity contribution in [3.63, 3.8) is 0 Å². The number of carbonyl (C=O) groups is 1. The molecule has 2 saturated heterocycles. The van der Waals surface area contributed by atoms with E-state index >= 15 is 0 Å². The summed E-state index contributed by atoms with van der Waals surface area (Å²) in [5.41, 5.74) is 9.08. The van der Waals surface area contributed by atoms with Crippen molar-refractivity contribution >= 4 is 29.0 Å². The van der Waals surface area contributed by atoms with Crippen LogP contribution in [-0.4, -0.2) is 56.1 Å². The lowest BCUT2D eigenvalue weighted by molar-refractivity contribution is 0.0600. The Bertz CT molecular complexity index is 1130. The van der Waals surface area contributed by atoms with Crippen LogP contribution in [-0.2, 0) is 0 Å². The number of nitrogens with zero attached hydrogens (tertiary/aromatic N) is 6. The predicted octanol–water partition coefficient (Wildman–Crippen LogP) is 2.99. The third-order valence-corrected chi connectivity index (χ3v) is 6.52. The first-order valence-electron chi connectivity index (χ1n) is 10.8. The summed E-state index contributed by atoms with van der Waals surface area (Å²) in [5.74, 6) is 0.812. The molecule has 0 aromatic carbocycles. The van der Waals surface area contributed by atoms with Gasteiger partial charge in [0.1, 0.15) is 11.5 Å². The van der Waals surface area contributed by atoms with Crippen LogP contribution in [0.3, 0.4) is 0 Å². The van der Waals surface area contributed by atoms with Crippen LogP contribution in [0, 0.1) is 6.92 Å². The zero-order valence-corrected chi connectivity index (χ0v) is 18.3. The molecule has 31 heavy (non-hydrogen) atoms. The minimum Gasteiger partial charge on any atom is -0.355 e. The summed E-state index contributed by atoms with van der Waals surface area (Å²) in [5, 5.41) is 5.17. The SMILES string of the molecule is Cc1cn2nc(C3CCCCN3C(=O)c3ncccc3Cl)cc2nc1N1CCC(N)C1. The molecular weight excluding hydrogens is 414 g/mol. The number of nitrogens with two attached hydrogens (primary N) is 1. The summed E-state index contributed by atoms with van der Waals surface area (Å²) >= 11 is 6.25. The van der Waals surface area contributed by atoms with Gasteiger partial charge in [0.2, 0.25) is 0 Å². The fourth-order valence-electron chi connectivity index (χ4n) is 4.64. The van der Waals surface area contributed by atoms with E-state index in [0.29, 0.717) is 17.3 Å². The molecule has 8 nitrogen and oxygen atoms in total. The first-order chi connectivity index (χ1) is 15.0. The molecule has 2 aliphatic heterocycles. The van der Waals surface area contributed by atoms with Crippen molar-refractivity contribution in [2.24, 2.45) is 5.73 Å². The Morgan fingerprint density at radius 3 is 2.90 bits per heavy atom. The third-order valence-electron chi connectivity index (χ3n) is 6.21. The fraction of sp³-hybridized carbons (Fsp3) is 0.455. The quantitative estimate of drug-likeness (QED) is 0.674. The van der Waals surface area contributed by atoms with Gasteiger partial charge in [0.25, 0.3) is 5.91 Å². The van der Waals surface area contributed by atoms with E-state index in [9.17, 15) is 4.79 Å². The highest BCUT2D eigenvalue weighted by atomic mass is 35.5. The smallest absolute Gasteiger partial charge is 0.274 e. The van der Waals surface area contributed by atoms with Gasteiger partial charge in [-0.2, -0.15) is 5.10 Å². The normalized spacial score (nSPS) is 21.8. The van der Waals surface area contributed by atoms with E-state index in [0.717, 1.165) is 61.5 Å². The third kappa shape index (κ3) is 3.74. The molecular formula is C22H26ClN7O. The first kappa shape index (κ1) is 20.2. The van der Waals surface area contributed by atoms with Crippen LogP contribution in [0.1, 0.15) is 53.5 Å². The number of amides is 1. The summed E-state index contributed by atoms with van der Waals surface area (Å²) in [4.78, 5) is 26.4. The van der Waals surface area contributed by atoms with Crippen molar-refractivity contribution < 1.29 is 4.79 Å². The molecule has 1 amide bonds. The number of fused-ring (bicyclic) bond motifs is 1. The van der Waals surface area contributed by atoms with Crippen LogP contribution in [0.25, 0.3) is 5.65 Å². The number of aryl methyl sites for hydroxylation is 1. The Balaban J connectivity index is 1.48. The largest absolute Gasteiger partial charge is 0.355 e. The molecule has 3 aromatic rings. The highest BCUT2D eigenvalue weighted by Gasteiger charge is 2.32. The number of piperidine rings is 1. The van der Waals surface area contributed by atoms with Gasteiger partial charge in [-0.25, -0.2) is 14.5 Å². The van der Waals surface area contributed by atoms with Gasteiger partial charge in [-0.3, -0.25) is 4.79 Å². The topological polar surface area (TPSA) is 92.6 Å². The number of hydrogen-bond acceptors (Lipinski definition) is 6. The average molecular weight is 440 g/mol. The van der Waals surface area contributed by atoms with Crippen molar-refractivity contribution in [1.82, 2.24) is 24.5 Å². The monoisotopic (exact) mass is 439 g/mol. The minimum absolute atomic E-state index is 0.120. The van der Waals surface area contributed by atoms with Crippen molar-refractivity contribution in [3.8, 4) is 0 Å². The highest BCUT2D eigenvalue weighted by molar-refractivity contribution is 6.33. The second kappa shape index (κ2) is 8.09. The van der Waals surface area contributed by atoms with Gasteiger partial charge in [0.05, 0.1) is 16.8 Å². The van der Waals surface area contributed by atoms with E-state index in [-0.39, 0.29) is 18.0 Å². The molecule has 5 heterocycles. The molecule has 2 atom stereocenters. The summed E-state index contributed by atoms with van der Waals surface area (Å²) < 4.78 is 1.81. The first-order valence-corrected chi connectivity index (χ1v) is 11.2. The maximum Gasteiger partial charge on any atom is 0.274 e. The van der Waals surface area contributed by atoms with Crippen LogP contribution in [0.4, 0.5) is 5.82 Å². The number of carbonyl (C=O) groups excluding carboxylic acids is 1. The molecule has 0 saturated carbocycles. The van der Waals surface area contributed by atoms with E-state index in [4.69, 9.17) is 27.4 Å². The number of aromatic nitrogens is 4. The Kier molecular flexibility index (Phi) is 5.27. The van der Waals surface area contributed by atoms with Crippen LogP contribution in [0.15, 0.2) is 30.6 Å². The second-order valence-electron chi connectivity index (χ2n) is 8.46. The Labute approximate surface area is 186 Å². The molecule has 162 valence electrons. The molecule has 0 aliphatic carbocycles. The van der Waals surface area contributed by atoms with Gasteiger partial charge < -0.3 is 15.5 Å². The maximum absolute atomic E-state index is 13.2. The Hall–Kier alpha value is -2.71. The van der Waals surface area contributed by atoms with E-state index in [2.05, 4.69) is 9.88 Å². The Morgan fingerprint density at radius 2 is 2.13 bits per heavy atom. The molecule has 5 rings (SSSR count). The molecule has 0 spiro atoms. The number of halogens is 1. The van der Waals surface area contributed by atoms with Crippen LogP contribution in [0.2, 0.25) is 5.02 Å². The van der Waals surface area contributed by atoms with Crippen molar-refractivity contribution in [1.29, 1.82) is 0 Å². The van der Waals surface area contributed by atoms with Crippen LogP contribution >= 0.6 is 11.6 Å². The lowest BCUT2D eigenvalue weighted by Crippen LogP contribution is -2.39. The van der Waals surface area contributed by atoms with Gasteiger partial charge in [-0.15, -0.1) is 0 Å². The lowest BCUT2D eigenvalue weighted by atomic mass is 9.99. The predicted molar refractivity (Wildman–Crippen MR) is 119 cm³/mol. The van der Waals surface area contributed by atoms with Crippen LogP contribution in [0.5, 0.6) is 0 Å². The zero-order chi connectivity index (χ0) is 21.5. The average Bonchev–Trinajstić information content (AvgIpc) is 3.38. The summed E-state index contributed by atoms with van der Waals surface area (Å²) in [6.45, 7) is 4.45. The maximum atomic E-state index is 13.2. The zero-order valence-electron chi connectivity index (χ0n) is 17.5. The molecule has 2 aliphatic rings. The van der Waals surface area contributed by atoms with E-state index < -0.39 is 0 Å². The lowest BCUT2D eigenvalue weighted by Gasteiger charge is -2.34. The molecule has 9 heteroatoms. The van der Waals surface area contributed by atoms with Gasteiger partial charge in [0.15, 0.2) is 5.65 Å². The van der Waals surface area contributed by atoms with Crippen molar-refractivity contribution in [2.45, 2.75) is 44.7 Å². The number of hydrogen-bond donors (Lipinski definition) is 1. The number of anilines is 1. The molecule has 2 fully saturated rings. The van der Waals surface area contributed by atoms with Crippen molar-refractivity contribution in [3.05, 3.63) is 52.6 Å². The van der Waals surface area contributed by atoms with Gasteiger partial charge in [0, 0.05) is 49.7 Å². The number of likely N-dealkylation sites (tertiary alicyclic amines) is 1. The summed E-state index contributed by atoms with van der Waals surface area (Å²) in [7, 11) is 0. The second-order valence-corrected chi connectivity index (χ2v) is 8.87. The summed E-state index contributed by atoms with van der Waals surface area (Å²) in [6, 6.07) is 5.50. The van der Waals surface area contributed by atoms with Gasteiger partial charge in [-0.1, -0.05) is 11.6 Å². The Morgan fingerprint density at radius 1 is 1.26 bits per heavy atom. The molecule has 0 radical (unpaired) electrons. The number of rotatable bonds is 3. The van der Waals surface area contributed by atoms with E-state index in [1.54, 1.807) is 18.3 Å². The summed E-state index contributed by atoms with van der Waals surface area (Å²) in [6.07, 6.45) is 7.44. The number of pyridine rings is 1. The minimum atomic E-state index is -0.150. The standard InChI is InChI=1S/C22H26ClN7O/c1-14-12-30-19(26-21(14)28-10-7-15(24)13-28)11-17(27-30)18-6-2-3-9-29(18)22(31)20-16(23)5-4-8-25-20/h4-5,8,11-12,15,18H,2-3,6-7,9-10,13,24H2,1H3.